The van der Waals surface area contributed by atoms with Gasteiger partial charge in [0.05, 0.1) is 17.7 Å². The van der Waals surface area contributed by atoms with Gasteiger partial charge in [-0.1, -0.05) is 25.0 Å². The summed E-state index contributed by atoms with van der Waals surface area (Å²) in [5.74, 6) is 0.0717. The van der Waals surface area contributed by atoms with E-state index in [-0.39, 0.29) is 18.0 Å². The van der Waals surface area contributed by atoms with Gasteiger partial charge in [0.2, 0.25) is 5.91 Å². The van der Waals surface area contributed by atoms with Crippen LogP contribution >= 0.6 is 0 Å². The maximum Gasteiger partial charge on any atom is 0.237 e. The first-order chi connectivity index (χ1) is 10.1. The fourth-order valence-corrected chi connectivity index (χ4v) is 2.79. The van der Waals surface area contributed by atoms with Gasteiger partial charge in [0.1, 0.15) is 0 Å². The summed E-state index contributed by atoms with van der Waals surface area (Å²) in [4.78, 5) is 12.1. The second kappa shape index (κ2) is 7.24. The van der Waals surface area contributed by atoms with Gasteiger partial charge in [0.15, 0.2) is 0 Å². The van der Waals surface area contributed by atoms with Crippen LogP contribution in [-0.2, 0) is 4.79 Å². The van der Waals surface area contributed by atoms with Crippen LogP contribution in [0.3, 0.4) is 0 Å². The van der Waals surface area contributed by atoms with Crippen LogP contribution in [0.25, 0.3) is 0 Å². The topological polar surface area (TPSA) is 64.9 Å². The first-order valence-corrected chi connectivity index (χ1v) is 7.66. The number of amides is 1. The van der Waals surface area contributed by atoms with Gasteiger partial charge >= 0.3 is 0 Å². The Bertz CT molecular complexity index is 512. The molecule has 0 saturated heterocycles. The third kappa shape index (κ3) is 4.30. The van der Waals surface area contributed by atoms with Crippen molar-refractivity contribution >= 4 is 5.91 Å². The van der Waals surface area contributed by atoms with Crippen LogP contribution in [0.5, 0.6) is 0 Å². The minimum atomic E-state index is -0.226. The molecule has 2 rings (SSSR count). The van der Waals surface area contributed by atoms with E-state index in [1.165, 1.54) is 12.8 Å². The van der Waals surface area contributed by atoms with Crippen molar-refractivity contribution in [1.82, 2.24) is 10.6 Å². The number of rotatable bonds is 5. The van der Waals surface area contributed by atoms with Crippen LogP contribution in [0.1, 0.15) is 56.7 Å². The summed E-state index contributed by atoms with van der Waals surface area (Å²) < 4.78 is 0. The number of carbonyl (C=O) groups is 1. The highest BCUT2D eigenvalue weighted by Crippen LogP contribution is 2.18. The molecule has 0 bridgehead atoms. The quantitative estimate of drug-likeness (QED) is 0.874. The lowest BCUT2D eigenvalue weighted by atomic mass is 10.1. The lowest BCUT2D eigenvalue weighted by Gasteiger charge is -2.22. The molecule has 1 aromatic carbocycles. The summed E-state index contributed by atoms with van der Waals surface area (Å²) in [5.41, 5.74) is 1.73. The molecule has 1 fully saturated rings. The Balaban J connectivity index is 1.86. The van der Waals surface area contributed by atoms with Crippen LogP contribution < -0.4 is 10.6 Å². The van der Waals surface area contributed by atoms with Crippen molar-refractivity contribution in [3.63, 3.8) is 0 Å². The van der Waals surface area contributed by atoms with Crippen molar-refractivity contribution in [2.45, 2.75) is 57.7 Å². The Kier molecular flexibility index (Phi) is 5.35. The highest BCUT2D eigenvalue weighted by atomic mass is 16.2. The van der Waals surface area contributed by atoms with Gasteiger partial charge in [-0.2, -0.15) is 5.26 Å². The van der Waals surface area contributed by atoms with Crippen LogP contribution in [0.2, 0.25) is 0 Å². The van der Waals surface area contributed by atoms with Crippen molar-refractivity contribution in [2.75, 3.05) is 0 Å². The van der Waals surface area contributed by atoms with Crippen LogP contribution in [0.15, 0.2) is 24.3 Å². The summed E-state index contributed by atoms with van der Waals surface area (Å²) in [6.45, 7) is 3.92. The molecular weight excluding hydrogens is 262 g/mol. The predicted octanol–water partition coefficient (Wildman–Crippen LogP) is 2.66. The maximum absolute atomic E-state index is 12.1. The Morgan fingerprint density at radius 1 is 1.24 bits per heavy atom. The molecule has 0 spiro atoms. The third-order valence-corrected chi connectivity index (χ3v) is 4.13. The standard InChI is InChI=1S/C17H23N3O/c1-12(15-9-7-14(11-18)8-10-15)19-13(2)17(21)20-16-5-3-4-6-16/h7-10,12-13,16,19H,3-6H2,1-2H3,(H,20,21). The Labute approximate surface area is 126 Å². The van der Waals surface area contributed by atoms with E-state index in [1.54, 1.807) is 12.1 Å². The molecule has 112 valence electrons. The van der Waals surface area contributed by atoms with Gasteiger partial charge in [-0.3, -0.25) is 10.1 Å². The molecule has 0 radical (unpaired) electrons. The van der Waals surface area contributed by atoms with Gasteiger partial charge in [-0.25, -0.2) is 0 Å². The summed E-state index contributed by atoms with van der Waals surface area (Å²) in [6.07, 6.45) is 4.63. The fraction of sp³-hybridized carbons (Fsp3) is 0.529. The predicted molar refractivity (Wildman–Crippen MR) is 82.6 cm³/mol. The molecule has 1 amide bonds. The molecule has 21 heavy (non-hydrogen) atoms. The first-order valence-electron chi connectivity index (χ1n) is 7.66. The van der Waals surface area contributed by atoms with E-state index in [0.29, 0.717) is 11.6 Å². The monoisotopic (exact) mass is 285 g/mol. The number of nitriles is 1. The van der Waals surface area contributed by atoms with Gasteiger partial charge in [0, 0.05) is 12.1 Å². The number of carbonyl (C=O) groups excluding carboxylic acids is 1. The Morgan fingerprint density at radius 3 is 2.43 bits per heavy atom. The van der Waals surface area contributed by atoms with E-state index in [1.807, 2.05) is 26.0 Å². The van der Waals surface area contributed by atoms with E-state index >= 15 is 0 Å². The van der Waals surface area contributed by atoms with E-state index < -0.39 is 0 Å². The molecule has 1 aliphatic carbocycles. The molecule has 2 N–H and O–H groups in total. The van der Waals surface area contributed by atoms with E-state index in [2.05, 4.69) is 16.7 Å². The Hall–Kier alpha value is -1.86. The fourth-order valence-electron chi connectivity index (χ4n) is 2.79. The number of nitrogens with zero attached hydrogens (tertiary/aromatic N) is 1. The molecule has 0 heterocycles. The molecule has 2 atom stereocenters. The van der Waals surface area contributed by atoms with Crippen LogP contribution in [-0.4, -0.2) is 18.0 Å². The molecule has 0 aliphatic heterocycles. The summed E-state index contributed by atoms with van der Waals surface area (Å²) in [6, 6.07) is 9.77. The minimum Gasteiger partial charge on any atom is -0.352 e. The van der Waals surface area contributed by atoms with E-state index in [9.17, 15) is 4.79 Å². The molecule has 1 aliphatic rings. The maximum atomic E-state index is 12.1. The molecule has 4 heteroatoms. The second-order valence-corrected chi connectivity index (χ2v) is 5.83. The minimum absolute atomic E-state index is 0.0714. The Morgan fingerprint density at radius 2 is 1.86 bits per heavy atom. The molecule has 0 aromatic heterocycles. The third-order valence-electron chi connectivity index (χ3n) is 4.13. The second-order valence-electron chi connectivity index (χ2n) is 5.83. The zero-order valence-electron chi connectivity index (χ0n) is 12.7. The van der Waals surface area contributed by atoms with Crippen molar-refractivity contribution in [3.05, 3.63) is 35.4 Å². The zero-order valence-corrected chi connectivity index (χ0v) is 12.7. The number of hydrogen-bond acceptors (Lipinski definition) is 3. The van der Waals surface area contributed by atoms with E-state index in [4.69, 9.17) is 5.26 Å². The van der Waals surface area contributed by atoms with Crippen molar-refractivity contribution in [2.24, 2.45) is 0 Å². The van der Waals surface area contributed by atoms with Crippen LogP contribution in [0.4, 0.5) is 0 Å². The van der Waals surface area contributed by atoms with Gasteiger partial charge in [0.25, 0.3) is 0 Å². The number of benzene rings is 1. The van der Waals surface area contributed by atoms with Gasteiger partial charge < -0.3 is 5.32 Å². The van der Waals surface area contributed by atoms with Gasteiger partial charge in [-0.05, 0) is 44.4 Å². The molecule has 1 aromatic rings. The SMILES string of the molecule is CC(NC(C)c1ccc(C#N)cc1)C(=O)NC1CCCC1. The number of hydrogen-bond donors (Lipinski definition) is 2. The lowest BCUT2D eigenvalue weighted by molar-refractivity contribution is -0.123. The highest BCUT2D eigenvalue weighted by Gasteiger charge is 2.21. The zero-order chi connectivity index (χ0) is 15.2. The smallest absolute Gasteiger partial charge is 0.237 e. The summed E-state index contributed by atoms with van der Waals surface area (Å²) in [5, 5.41) is 15.2. The first kappa shape index (κ1) is 15.5. The van der Waals surface area contributed by atoms with Crippen molar-refractivity contribution in [3.8, 4) is 6.07 Å². The summed E-state index contributed by atoms with van der Waals surface area (Å²) >= 11 is 0. The van der Waals surface area contributed by atoms with Gasteiger partial charge in [-0.15, -0.1) is 0 Å². The van der Waals surface area contributed by atoms with Crippen molar-refractivity contribution in [1.29, 1.82) is 5.26 Å². The lowest BCUT2D eigenvalue weighted by Crippen LogP contribution is -2.46. The largest absolute Gasteiger partial charge is 0.352 e. The summed E-state index contributed by atoms with van der Waals surface area (Å²) in [7, 11) is 0. The molecule has 4 nitrogen and oxygen atoms in total. The average molecular weight is 285 g/mol. The van der Waals surface area contributed by atoms with Crippen LogP contribution in [0, 0.1) is 11.3 Å². The number of nitrogens with one attached hydrogen (secondary N) is 2. The van der Waals surface area contributed by atoms with E-state index in [0.717, 1.165) is 18.4 Å². The molecular formula is C17H23N3O. The molecule has 2 unspecified atom stereocenters. The normalized spacial score (nSPS) is 18.0. The van der Waals surface area contributed by atoms with Crippen molar-refractivity contribution < 1.29 is 4.79 Å². The average Bonchev–Trinajstić information content (AvgIpc) is 3.00. The highest BCUT2D eigenvalue weighted by molar-refractivity contribution is 5.81. The molecule has 1 saturated carbocycles.